The molecule has 0 saturated carbocycles. The summed E-state index contributed by atoms with van der Waals surface area (Å²) in [4.78, 5) is 11.2. The summed E-state index contributed by atoms with van der Waals surface area (Å²) in [7, 11) is 1.42. The molecule has 1 atom stereocenters. The number of esters is 1. The van der Waals surface area contributed by atoms with E-state index in [1.54, 1.807) is 11.8 Å². The number of carbonyl (C=O) groups excluding carboxylic acids is 1. The predicted molar refractivity (Wildman–Crippen MR) is 64.0 cm³/mol. The smallest absolute Gasteiger partial charge is 0.318 e. The van der Waals surface area contributed by atoms with Crippen molar-refractivity contribution in [3.8, 4) is 0 Å². The van der Waals surface area contributed by atoms with Crippen molar-refractivity contribution in [2.24, 2.45) is 0 Å². The molecule has 1 rings (SSSR count). The lowest BCUT2D eigenvalue weighted by atomic mass is 10.2. The maximum absolute atomic E-state index is 11.2. The van der Waals surface area contributed by atoms with E-state index >= 15 is 0 Å². The fourth-order valence-electron chi connectivity index (χ4n) is 1.26. The van der Waals surface area contributed by atoms with E-state index in [2.05, 4.69) is 29.9 Å². The van der Waals surface area contributed by atoms with E-state index in [0.29, 0.717) is 0 Å². The third-order valence-corrected chi connectivity index (χ3v) is 3.31. The highest BCUT2D eigenvalue weighted by atomic mass is 32.2. The molecule has 1 aromatic rings. The standard InChI is InChI=1S/C12H16O2S/c1-9-5-4-6-11(7-9)8-15-10(2)12(13)14-3/h4-7,10H,8H2,1-3H3. The first-order valence-electron chi connectivity index (χ1n) is 4.88. The van der Waals surface area contributed by atoms with E-state index in [-0.39, 0.29) is 11.2 Å². The summed E-state index contributed by atoms with van der Waals surface area (Å²) in [6, 6.07) is 8.31. The van der Waals surface area contributed by atoms with Gasteiger partial charge in [-0.2, -0.15) is 0 Å². The first kappa shape index (κ1) is 12.1. The molecule has 2 nitrogen and oxygen atoms in total. The van der Waals surface area contributed by atoms with Crippen LogP contribution in [0.5, 0.6) is 0 Å². The SMILES string of the molecule is COC(=O)C(C)SCc1cccc(C)c1. The van der Waals surface area contributed by atoms with Crippen LogP contribution < -0.4 is 0 Å². The highest BCUT2D eigenvalue weighted by Gasteiger charge is 2.12. The summed E-state index contributed by atoms with van der Waals surface area (Å²) in [6.45, 7) is 3.93. The third kappa shape index (κ3) is 3.96. The van der Waals surface area contributed by atoms with Gasteiger partial charge in [-0.15, -0.1) is 11.8 Å². The van der Waals surface area contributed by atoms with Gasteiger partial charge < -0.3 is 4.74 Å². The van der Waals surface area contributed by atoms with Gasteiger partial charge in [-0.05, 0) is 19.4 Å². The minimum atomic E-state index is -0.160. The molecular weight excluding hydrogens is 208 g/mol. The van der Waals surface area contributed by atoms with Crippen LogP contribution in [-0.2, 0) is 15.3 Å². The summed E-state index contributed by atoms with van der Waals surface area (Å²) < 4.78 is 4.66. The Morgan fingerprint density at radius 1 is 1.53 bits per heavy atom. The second kappa shape index (κ2) is 5.81. The molecule has 0 amide bonds. The number of benzene rings is 1. The summed E-state index contributed by atoms with van der Waals surface area (Å²) in [5.41, 5.74) is 2.49. The summed E-state index contributed by atoms with van der Waals surface area (Å²) in [5.74, 6) is 0.686. The molecule has 0 aliphatic rings. The number of ether oxygens (including phenoxy) is 1. The monoisotopic (exact) mass is 224 g/mol. The minimum absolute atomic E-state index is 0.101. The van der Waals surface area contributed by atoms with Crippen molar-refractivity contribution < 1.29 is 9.53 Å². The molecule has 0 N–H and O–H groups in total. The largest absolute Gasteiger partial charge is 0.468 e. The molecular formula is C12H16O2S. The number of hydrogen-bond acceptors (Lipinski definition) is 3. The molecule has 0 radical (unpaired) electrons. The van der Waals surface area contributed by atoms with E-state index in [1.807, 2.05) is 13.0 Å². The van der Waals surface area contributed by atoms with Gasteiger partial charge in [0.25, 0.3) is 0 Å². The number of rotatable bonds is 4. The molecule has 0 spiro atoms. The van der Waals surface area contributed by atoms with Crippen LogP contribution in [0.15, 0.2) is 24.3 Å². The number of carbonyl (C=O) groups is 1. The normalized spacial score (nSPS) is 12.2. The average Bonchev–Trinajstić information content (AvgIpc) is 2.25. The molecule has 82 valence electrons. The number of hydrogen-bond donors (Lipinski definition) is 0. The van der Waals surface area contributed by atoms with Gasteiger partial charge >= 0.3 is 5.97 Å². The Balaban J connectivity index is 2.47. The summed E-state index contributed by atoms with van der Waals surface area (Å²) >= 11 is 1.60. The first-order valence-corrected chi connectivity index (χ1v) is 5.93. The zero-order chi connectivity index (χ0) is 11.3. The van der Waals surface area contributed by atoms with Crippen molar-refractivity contribution in [2.45, 2.75) is 24.9 Å². The second-order valence-corrected chi connectivity index (χ2v) is 4.79. The summed E-state index contributed by atoms with van der Waals surface area (Å²) in [5, 5.41) is -0.101. The summed E-state index contributed by atoms with van der Waals surface area (Å²) in [6.07, 6.45) is 0. The Labute approximate surface area is 95.0 Å². The van der Waals surface area contributed by atoms with Crippen molar-refractivity contribution in [1.82, 2.24) is 0 Å². The quantitative estimate of drug-likeness (QED) is 0.736. The van der Waals surface area contributed by atoms with Crippen LogP contribution in [0.25, 0.3) is 0 Å². The molecule has 0 aromatic heterocycles. The molecule has 0 saturated heterocycles. The van der Waals surface area contributed by atoms with E-state index < -0.39 is 0 Å². The van der Waals surface area contributed by atoms with Gasteiger partial charge in [-0.3, -0.25) is 4.79 Å². The van der Waals surface area contributed by atoms with Crippen molar-refractivity contribution in [3.63, 3.8) is 0 Å². The highest BCUT2D eigenvalue weighted by Crippen LogP contribution is 2.19. The van der Waals surface area contributed by atoms with Crippen molar-refractivity contribution in [1.29, 1.82) is 0 Å². The molecule has 0 aliphatic carbocycles. The Hall–Kier alpha value is -0.960. The molecule has 0 fully saturated rings. The lowest BCUT2D eigenvalue weighted by Crippen LogP contribution is -2.14. The fraction of sp³-hybridized carbons (Fsp3) is 0.417. The topological polar surface area (TPSA) is 26.3 Å². The number of methoxy groups -OCH3 is 1. The number of aryl methyl sites for hydroxylation is 1. The molecule has 15 heavy (non-hydrogen) atoms. The average molecular weight is 224 g/mol. The van der Waals surface area contributed by atoms with Crippen LogP contribution in [0.4, 0.5) is 0 Å². The van der Waals surface area contributed by atoms with Crippen LogP contribution in [-0.4, -0.2) is 18.3 Å². The van der Waals surface area contributed by atoms with Gasteiger partial charge in [0.15, 0.2) is 0 Å². The molecule has 0 heterocycles. The minimum Gasteiger partial charge on any atom is -0.468 e. The van der Waals surface area contributed by atoms with Gasteiger partial charge in [-0.1, -0.05) is 29.8 Å². The molecule has 1 unspecified atom stereocenters. The molecule has 3 heteroatoms. The Kier molecular flexibility index (Phi) is 4.69. The van der Waals surface area contributed by atoms with Crippen LogP contribution in [0.3, 0.4) is 0 Å². The third-order valence-electron chi connectivity index (χ3n) is 2.12. The Bertz CT molecular complexity index is 336. The van der Waals surface area contributed by atoms with Crippen molar-refractivity contribution in [2.75, 3.05) is 7.11 Å². The van der Waals surface area contributed by atoms with Crippen LogP contribution in [0, 0.1) is 6.92 Å². The second-order valence-electron chi connectivity index (χ2n) is 3.47. The Morgan fingerprint density at radius 3 is 2.87 bits per heavy atom. The Morgan fingerprint density at radius 2 is 2.27 bits per heavy atom. The molecule has 0 bridgehead atoms. The predicted octanol–water partition coefficient (Wildman–Crippen LogP) is 2.79. The zero-order valence-corrected chi connectivity index (χ0v) is 10.1. The van der Waals surface area contributed by atoms with Gasteiger partial charge in [0.1, 0.15) is 0 Å². The van der Waals surface area contributed by atoms with Crippen molar-refractivity contribution in [3.05, 3.63) is 35.4 Å². The van der Waals surface area contributed by atoms with Gasteiger partial charge in [0, 0.05) is 5.75 Å². The fourth-order valence-corrected chi connectivity index (χ4v) is 2.11. The molecule has 1 aromatic carbocycles. The zero-order valence-electron chi connectivity index (χ0n) is 9.32. The van der Waals surface area contributed by atoms with Crippen molar-refractivity contribution >= 4 is 17.7 Å². The van der Waals surface area contributed by atoms with Crippen LogP contribution in [0.1, 0.15) is 18.1 Å². The molecule has 0 aliphatic heterocycles. The lowest BCUT2D eigenvalue weighted by molar-refractivity contribution is -0.139. The maximum atomic E-state index is 11.2. The van der Waals surface area contributed by atoms with Gasteiger partial charge in [0.05, 0.1) is 12.4 Å². The van der Waals surface area contributed by atoms with E-state index in [4.69, 9.17) is 0 Å². The lowest BCUT2D eigenvalue weighted by Gasteiger charge is -2.08. The van der Waals surface area contributed by atoms with Crippen LogP contribution in [0.2, 0.25) is 0 Å². The van der Waals surface area contributed by atoms with Gasteiger partial charge in [-0.25, -0.2) is 0 Å². The maximum Gasteiger partial charge on any atom is 0.318 e. The van der Waals surface area contributed by atoms with Crippen LogP contribution >= 0.6 is 11.8 Å². The van der Waals surface area contributed by atoms with E-state index in [1.165, 1.54) is 18.2 Å². The van der Waals surface area contributed by atoms with E-state index in [0.717, 1.165) is 5.75 Å². The van der Waals surface area contributed by atoms with Gasteiger partial charge in [0.2, 0.25) is 0 Å². The number of thioether (sulfide) groups is 1. The first-order chi connectivity index (χ1) is 7.13. The van der Waals surface area contributed by atoms with E-state index in [9.17, 15) is 4.79 Å². The highest BCUT2D eigenvalue weighted by molar-refractivity contribution is 7.99.